The summed E-state index contributed by atoms with van der Waals surface area (Å²) < 4.78 is 26.3. The van der Waals surface area contributed by atoms with Gasteiger partial charge in [-0.3, -0.25) is 10.1 Å². The highest BCUT2D eigenvalue weighted by molar-refractivity contribution is 5.51. The average Bonchev–Trinajstić information content (AvgIpc) is 2.39. The molecule has 0 saturated heterocycles. The molecule has 2 N–H and O–H groups in total. The molecule has 0 radical (unpaired) electrons. The summed E-state index contributed by atoms with van der Waals surface area (Å²) >= 11 is 0. The zero-order valence-electron chi connectivity index (χ0n) is 10.1. The van der Waals surface area contributed by atoms with Gasteiger partial charge in [0, 0.05) is 18.3 Å². The highest BCUT2D eigenvalue weighted by atomic mass is 19.1. The lowest BCUT2D eigenvalue weighted by molar-refractivity contribution is -0.385. The maximum Gasteiger partial charge on any atom is 0.274 e. The van der Waals surface area contributed by atoms with E-state index in [0.717, 1.165) is 18.2 Å². The SMILES string of the molecule is O=[N+]([O-])c1cc(F)cc(NCc2ccc(O)c(F)c2)c1. The molecule has 2 aromatic rings. The molecule has 0 aliphatic carbocycles. The molecule has 0 saturated carbocycles. The van der Waals surface area contributed by atoms with Gasteiger partial charge >= 0.3 is 0 Å². The highest BCUT2D eigenvalue weighted by Crippen LogP contribution is 2.21. The predicted octanol–water partition coefficient (Wildman–Crippen LogP) is 3.19. The summed E-state index contributed by atoms with van der Waals surface area (Å²) in [4.78, 5) is 9.90. The zero-order valence-corrected chi connectivity index (χ0v) is 10.1. The zero-order chi connectivity index (χ0) is 14.7. The Bertz CT molecular complexity index is 662. The van der Waals surface area contributed by atoms with Gasteiger partial charge in [0.15, 0.2) is 11.6 Å². The second kappa shape index (κ2) is 5.52. The van der Waals surface area contributed by atoms with Crippen molar-refractivity contribution in [1.82, 2.24) is 0 Å². The van der Waals surface area contributed by atoms with Gasteiger partial charge in [0.1, 0.15) is 5.82 Å². The molecule has 2 rings (SSSR count). The van der Waals surface area contributed by atoms with Crippen molar-refractivity contribution in [3.8, 4) is 5.75 Å². The van der Waals surface area contributed by atoms with Crippen molar-refractivity contribution in [2.45, 2.75) is 6.54 Å². The van der Waals surface area contributed by atoms with Crippen LogP contribution in [0, 0.1) is 21.7 Å². The van der Waals surface area contributed by atoms with Crippen LogP contribution in [0.1, 0.15) is 5.56 Å². The summed E-state index contributed by atoms with van der Waals surface area (Å²) in [6, 6.07) is 6.89. The van der Waals surface area contributed by atoms with Crippen LogP contribution in [0.5, 0.6) is 5.75 Å². The number of aromatic hydroxyl groups is 1. The number of nitro groups is 1. The van der Waals surface area contributed by atoms with E-state index < -0.39 is 22.3 Å². The summed E-state index contributed by atoms with van der Waals surface area (Å²) in [5.41, 5.74) is 0.349. The number of nitrogens with one attached hydrogen (secondary N) is 1. The van der Waals surface area contributed by atoms with E-state index in [1.807, 2.05) is 0 Å². The van der Waals surface area contributed by atoms with E-state index in [1.165, 1.54) is 18.2 Å². The molecule has 0 aromatic heterocycles. The van der Waals surface area contributed by atoms with E-state index in [4.69, 9.17) is 5.11 Å². The average molecular weight is 280 g/mol. The van der Waals surface area contributed by atoms with Crippen LogP contribution in [0.25, 0.3) is 0 Å². The van der Waals surface area contributed by atoms with Gasteiger partial charge in [-0.2, -0.15) is 0 Å². The summed E-state index contributed by atoms with van der Waals surface area (Å²) in [6.45, 7) is 0.137. The molecule has 0 unspecified atom stereocenters. The largest absolute Gasteiger partial charge is 0.505 e. The normalized spacial score (nSPS) is 10.3. The first-order valence-corrected chi connectivity index (χ1v) is 5.62. The molecule has 20 heavy (non-hydrogen) atoms. The van der Waals surface area contributed by atoms with Crippen LogP contribution in [0.15, 0.2) is 36.4 Å². The summed E-state index contributed by atoms with van der Waals surface area (Å²) in [7, 11) is 0. The van der Waals surface area contributed by atoms with Crippen molar-refractivity contribution in [2.24, 2.45) is 0 Å². The number of phenolic OH excluding ortho intramolecular Hbond substituents is 1. The van der Waals surface area contributed by atoms with Crippen molar-refractivity contribution in [1.29, 1.82) is 0 Å². The minimum Gasteiger partial charge on any atom is -0.505 e. The smallest absolute Gasteiger partial charge is 0.274 e. The maximum atomic E-state index is 13.2. The first-order valence-electron chi connectivity index (χ1n) is 5.62. The molecule has 0 bridgehead atoms. The van der Waals surface area contributed by atoms with Crippen molar-refractivity contribution in [3.05, 3.63) is 63.7 Å². The maximum absolute atomic E-state index is 13.2. The minimum absolute atomic E-state index is 0.137. The quantitative estimate of drug-likeness (QED) is 0.666. The number of nitro benzene ring substituents is 1. The lowest BCUT2D eigenvalue weighted by Gasteiger charge is -2.07. The second-order valence-electron chi connectivity index (χ2n) is 4.09. The Morgan fingerprint density at radius 1 is 1.20 bits per heavy atom. The lowest BCUT2D eigenvalue weighted by atomic mass is 10.2. The van der Waals surface area contributed by atoms with E-state index in [0.29, 0.717) is 5.56 Å². The summed E-state index contributed by atoms with van der Waals surface area (Å²) in [5, 5.41) is 22.4. The standard InChI is InChI=1S/C13H10F2N2O3/c14-9-4-10(6-11(5-9)17(19)20)16-7-8-1-2-13(18)12(15)3-8/h1-6,16,18H,7H2. The summed E-state index contributed by atoms with van der Waals surface area (Å²) in [6.07, 6.45) is 0. The van der Waals surface area contributed by atoms with Gasteiger partial charge in [-0.15, -0.1) is 0 Å². The number of phenols is 1. The number of benzene rings is 2. The number of rotatable bonds is 4. The van der Waals surface area contributed by atoms with Crippen LogP contribution in [0.2, 0.25) is 0 Å². The molecule has 0 atom stereocenters. The van der Waals surface area contributed by atoms with Crippen molar-refractivity contribution in [2.75, 3.05) is 5.32 Å². The van der Waals surface area contributed by atoms with Gasteiger partial charge < -0.3 is 10.4 Å². The number of halogens is 2. The number of hydrogen-bond acceptors (Lipinski definition) is 4. The molecule has 104 valence electrons. The number of anilines is 1. The van der Waals surface area contributed by atoms with E-state index in [2.05, 4.69) is 5.32 Å². The highest BCUT2D eigenvalue weighted by Gasteiger charge is 2.10. The molecule has 0 spiro atoms. The van der Waals surface area contributed by atoms with Crippen molar-refractivity contribution < 1.29 is 18.8 Å². The number of hydrogen-bond donors (Lipinski definition) is 2. The van der Waals surface area contributed by atoms with Gasteiger partial charge in [0.05, 0.1) is 11.0 Å². The monoisotopic (exact) mass is 280 g/mol. The molecular formula is C13H10F2N2O3. The van der Waals surface area contributed by atoms with Crippen LogP contribution in [-0.2, 0) is 6.54 Å². The second-order valence-corrected chi connectivity index (χ2v) is 4.09. The molecule has 5 nitrogen and oxygen atoms in total. The van der Waals surface area contributed by atoms with Gasteiger partial charge in [0.25, 0.3) is 5.69 Å². The van der Waals surface area contributed by atoms with Crippen molar-refractivity contribution >= 4 is 11.4 Å². The molecule has 2 aromatic carbocycles. The van der Waals surface area contributed by atoms with E-state index in [1.54, 1.807) is 0 Å². The Labute approximate surface area is 112 Å². The molecule has 0 aliphatic heterocycles. The van der Waals surface area contributed by atoms with Crippen LogP contribution in [-0.4, -0.2) is 10.0 Å². The molecule has 7 heteroatoms. The van der Waals surface area contributed by atoms with Gasteiger partial charge in [0.2, 0.25) is 0 Å². The van der Waals surface area contributed by atoms with Crippen LogP contribution >= 0.6 is 0 Å². The minimum atomic E-state index is -0.769. The predicted molar refractivity (Wildman–Crippen MR) is 68.4 cm³/mol. The van der Waals surface area contributed by atoms with Crippen LogP contribution in [0.3, 0.4) is 0 Å². The van der Waals surface area contributed by atoms with Crippen molar-refractivity contribution in [3.63, 3.8) is 0 Å². The fraction of sp³-hybridized carbons (Fsp3) is 0.0769. The number of nitrogens with zero attached hydrogens (tertiary/aromatic N) is 1. The van der Waals surface area contributed by atoms with E-state index in [-0.39, 0.29) is 17.9 Å². The van der Waals surface area contributed by atoms with Gasteiger partial charge in [-0.05, 0) is 23.8 Å². The Balaban J connectivity index is 2.14. The fourth-order valence-corrected chi connectivity index (χ4v) is 1.65. The Hall–Kier alpha value is -2.70. The third-order valence-corrected chi connectivity index (χ3v) is 2.60. The Morgan fingerprint density at radius 3 is 2.60 bits per heavy atom. The molecule has 0 amide bonds. The Morgan fingerprint density at radius 2 is 1.95 bits per heavy atom. The molecular weight excluding hydrogens is 270 g/mol. The van der Waals surface area contributed by atoms with Crippen LogP contribution in [0.4, 0.5) is 20.2 Å². The topological polar surface area (TPSA) is 75.4 Å². The third-order valence-electron chi connectivity index (χ3n) is 2.60. The van der Waals surface area contributed by atoms with Gasteiger partial charge in [-0.1, -0.05) is 6.07 Å². The van der Waals surface area contributed by atoms with E-state index >= 15 is 0 Å². The third kappa shape index (κ3) is 3.19. The van der Waals surface area contributed by atoms with Gasteiger partial charge in [-0.25, -0.2) is 8.78 Å². The Kier molecular flexibility index (Phi) is 3.79. The lowest BCUT2D eigenvalue weighted by Crippen LogP contribution is -2.01. The molecule has 0 heterocycles. The first-order chi connectivity index (χ1) is 9.45. The number of non-ortho nitro benzene ring substituents is 1. The molecule has 0 fully saturated rings. The van der Waals surface area contributed by atoms with E-state index in [9.17, 15) is 18.9 Å². The fourth-order valence-electron chi connectivity index (χ4n) is 1.65. The first kappa shape index (κ1) is 13.7. The van der Waals surface area contributed by atoms with Crippen LogP contribution < -0.4 is 5.32 Å². The summed E-state index contributed by atoms with van der Waals surface area (Å²) in [5.74, 6) is -1.97. The molecule has 0 aliphatic rings.